The maximum absolute atomic E-state index is 6.37. The smallest absolute Gasteiger partial charge is 0.0709 e. The number of nitrogen functional groups attached to an aromatic ring is 1. The topological polar surface area (TPSA) is 30.9 Å². The lowest BCUT2D eigenvalue weighted by Crippen LogP contribution is -2.14. The molecular formula is C21H18N2. The van der Waals surface area contributed by atoms with Crippen molar-refractivity contribution in [3.8, 4) is 11.1 Å². The van der Waals surface area contributed by atoms with E-state index in [0.29, 0.717) is 0 Å². The lowest BCUT2D eigenvalue weighted by Gasteiger charge is -2.21. The Balaban J connectivity index is 1.98. The Labute approximate surface area is 135 Å². The Morgan fingerprint density at radius 2 is 1.48 bits per heavy atom. The number of benzene rings is 3. The molecule has 4 aromatic rings. The van der Waals surface area contributed by atoms with Gasteiger partial charge in [0.1, 0.15) is 0 Å². The molecule has 2 N–H and O–H groups in total. The van der Waals surface area contributed by atoms with Crippen LogP contribution in [0.15, 0.2) is 60.7 Å². The Morgan fingerprint density at radius 3 is 2.35 bits per heavy atom. The third-order valence-electron chi connectivity index (χ3n) is 5.41. The van der Waals surface area contributed by atoms with Crippen LogP contribution in [-0.2, 0) is 5.41 Å². The van der Waals surface area contributed by atoms with Crippen molar-refractivity contribution < 1.29 is 0 Å². The third kappa shape index (κ3) is 1.43. The fourth-order valence-electron chi connectivity index (χ4n) is 4.19. The van der Waals surface area contributed by atoms with E-state index in [9.17, 15) is 0 Å². The maximum Gasteiger partial charge on any atom is 0.0709 e. The Bertz CT molecular complexity index is 1100. The van der Waals surface area contributed by atoms with Gasteiger partial charge in [0.25, 0.3) is 0 Å². The zero-order valence-electron chi connectivity index (χ0n) is 13.3. The van der Waals surface area contributed by atoms with Crippen molar-refractivity contribution in [2.75, 3.05) is 5.84 Å². The van der Waals surface area contributed by atoms with Gasteiger partial charge in [-0.1, -0.05) is 56.3 Å². The lowest BCUT2D eigenvalue weighted by molar-refractivity contribution is 0.661. The van der Waals surface area contributed by atoms with Gasteiger partial charge in [-0.15, -0.1) is 0 Å². The average molecular weight is 298 g/mol. The maximum atomic E-state index is 6.37. The van der Waals surface area contributed by atoms with E-state index in [4.69, 9.17) is 5.84 Å². The Kier molecular flexibility index (Phi) is 2.20. The van der Waals surface area contributed by atoms with Gasteiger partial charge in [0.15, 0.2) is 0 Å². The van der Waals surface area contributed by atoms with Crippen molar-refractivity contribution in [2.24, 2.45) is 0 Å². The second-order valence-corrected chi connectivity index (χ2v) is 6.97. The molecule has 5 rings (SSSR count). The fraction of sp³-hybridized carbons (Fsp3) is 0.143. The number of rotatable bonds is 0. The zero-order valence-corrected chi connectivity index (χ0v) is 13.3. The van der Waals surface area contributed by atoms with Gasteiger partial charge in [-0.05, 0) is 40.5 Å². The van der Waals surface area contributed by atoms with Crippen LogP contribution in [0.2, 0.25) is 0 Å². The zero-order chi connectivity index (χ0) is 15.8. The highest BCUT2D eigenvalue weighted by Crippen LogP contribution is 2.50. The summed E-state index contributed by atoms with van der Waals surface area (Å²) in [6.07, 6.45) is 0. The van der Waals surface area contributed by atoms with Gasteiger partial charge >= 0.3 is 0 Å². The van der Waals surface area contributed by atoms with Gasteiger partial charge in [-0.3, -0.25) is 4.68 Å². The van der Waals surface area contributed by atoms with Crippen LogP contribution in [0.3, 0.4) is 0 Å². The molecule has 2 nitrogen and oxygen atoms in total. The van der Waals surface area contributed by atoms with Crippen molar-refractivity contribution in [3.63, 3.8) is 0 Å². The Hall–Kier alpha value is -2.74. The normalized spacial score (nSPS) is 15.0. The number of fused-ring (bicyclic) bond motifs is 6. The van der Waals surface area contributed by atoms with Gasteiger partial charge in [0.05, 0.1) is 11.0 Å². The predicted octanol–water partition coefficient (Wildman–Crippen LogP) is 4.81. The molecule has 1 aliphatic carbocycles. The highest BCUT2D eigenvalue weighted by atomic mass is 15.3. The molecule has 0 fully saturated rings. The molecule has 1 aromatic heterocycles. The van der Waals surface area contributed by atoms with Gasteiger partial charge in [-0.25, -0.2) is 0 Å². The average Bonchev–Trinajstić information content (AvgIpc) is 2.98. The molecule has 0 aliphatic heterocycles. The standard InChI is InChI=1S/C21H18N2/c1-21(2)17-9-5-3-7-13(17)15-12-20-16(11-18(15)21)14-8-4-6-10-19(14)23(20)22/h3-12H,22H2,1-2H3. The van der Waals surface area contributed by atoms with E-state index >= 15 is 0 Å². The summed E-state index contributed by atoms with van der Waals surface area (Å²) in [5, 5.41) is 2.46. The SMILES string of the molecule is CC1(C)c2ccccc2-c2cc3c(cc21)c1ccccc1n3N. The minimum atomic E-state index is 0.0257. The predicted molar refractivity (Wildman–Crippen MR) is 97.2 cm³/mol. The van der Waals surface area contributed by atoms with Crippen LogP contribution in [0.25, 0.3) is 32.9 Å². The van der Waals surface area contributed by atoms with Crippen LogP contribution >= 0.6 is 0 Å². The lowest BCUT2D eigenvalue weighted by atomic mass is 9.82. The van der Waals surface area contributed by atoms with Crippen LogP contribution in [0.1, 0.15) is 25.0 Å². The first-order valence-corrected chi connectivity index (χ1v) is 8.01. The number of nitrogens with two attached hydrogens (primary N) is 1. The minimum Gasteiger partial charge on any atom is -0.339 e. The summed E-state index contributed by atoms with van der Waals surface area (Å²) in [5.41, 5.74) is 7.64. The van der Waals surface area contributed by atoms with Crippen LogP contribution in [0, 0.1) is 0 Å². The third-order valence-corrected chi connectivity index (χ3v) is 5.41. The Morgan fingerprint density at radius 1 is 0.739 bits per heavy atom. The first-order chi connectivity index (χ1) is 11.1. The second kappa shape index (κ2) is 3.96. The first kappa shape index (κ1) is 12.8. The molecule has 1 aliphatic rings. The molecule has 23 heavy (non-hydrogen) atoms. The molecule has 1 heterocycles. The van der Waals surface area contributed by atoms with E-state index in [1.165, 1.54) is 33.0 Å². The molecule has 0 saturated carbocycles. The van der Waals surface area contributed by atoms with Crippen LogP contribution in [-0.4, -0.2) is 4.68 Å². The van der Waals surface area contributed by atoms with Crippen molar-refractivity contribution in [2.45, 2.75) is 19.3 Å². The van der Waals surface area contributed by atoms with Crippen molar-refractivity contribution in [1.82, 2.24) is 4.68 Å². The molecule has 2 heteroatoms. The summed E-state index contributed by atoms with van der Waals surface area (Å²) in [6.45, 7) is 4.62. The van der Waals surface area contributed by atoms with Gasteiger partial charge in [0, 0.05) is 16.2 Å². The van der Waals surface area contributed by atoms with E-state index in [-0.39, 0.29) is 5.41 Å². The molecular weight excluding hydrogens is 280 g/mol. The highest BCUT2D eigenvalue weighted by molar-refractivity contribution is 6.10. The fourth-order valence-corrected chi connectivity index (χ4v) is 4.19. The van der Waals surface area contributed by atoms with E-state index < -0.39 is 0 Å². The summed E-state index contributed by atoms with van der Waals surface area (Å²) in [4.78, 5) is 0. The molecule has 112 valence electrons. The number of hydrogen-bond acceptors (Lipinski definition) is 1. The molecule has 0 bridgehead atoms. The monoisotopic (exact) mass is 298 g/mol. The van der Waals surface area contributed by atoms with Gasteiger partial charge in [0.2, 0.25) is 0 Å². The molecule has 0 saturated heterocycles. The molecule has 0 radical (unpaired) electrons. The summed E-state index contributed by atoms with van der Waals surface area (Å²) in [5.74, 6) is 6.37. The molecule has 0 atom stereocenters. The summed E-state index contributed by atoms with van der Waals surface area (Å²) in [7, 11) is 0. The number of para-hydroxylation sites is 1. The van der Waals surface area contributed by atoms with E-state index in [2.05, 4.69) is 68.4 Å². The van der Waals surface area contributed by atoms with Crippen LogP contribution in [0.5, 0.6) is 0 Å². The van der Waals surface area contributed by atoms with E-state index in [1.54, 1.807) is 0 Å². The highest BCUT2D eigenvalue weighted by Gasteiger charge is 2.35. The molecule has 0 amide bonds. The molecule has 3 aromatic carbocycles. The van der Waals surface area contributed by atoms with Crippen molar-refractivity contribution in [1.29, 1.82) is 0 Å². The second-order valence-electron chi connectivity index (χ2n) is 6.97. The first-order valence-electron chi connectivity index (χ1n) is 8.01. The van der Waals surface area contributed by atoms with Gasteiger partial charge in [-0.2, -0.15) is 0 Å². The van der Waals surface area contributed by atoms with Crippen molar-refractivity contribution >= 4 is 21.8 Å². The van der Waals surface area contributed by atoms with Gasteiger partial charge < -0.3 is 5.84 Å². The summed E-state index contributed by atoms with van der Waals surface area (Å²) in [6, 6.07) is 21.7. The largest absolute Gasteiger partial charge is 0.339 e. The quantitative estimate of drug-likeness (QED) is 0.464. The number of nitrogens with zero attached hydrogens (tertiary/aromatic N) is 1. The van der Waals surface area contributed by atoms with Crippen molar-refractivity contribution in [3.05, 3.63) is 71.8 Å². The van der Waals surface area contributed by atoms with E-state index in [0.717, 1.165) is 11.0 Å². The van der Waals surface area contributed by atoms with Crippen LogP contribution in [0.4, 0.5) is 0 Å². The summed E-state index contributed by atoms with van der Waals surface area (Å²) >= 11 is 0. The molecule has 0 spiro atoms. The number of aromatic nitrogens is 1. The minimum absolute atomic E-state index is 0.0257. The number of hydrogen-bond donors (Lipinski definition) is 1. The van der Waals surface area contributed by atoms with Crippen LogP contribution < -0.4 is 5.84 Å². The van der Waals surface area contributed by atoms with E-state index in [1.807, 2.05) is 10.7 Å². The summed E-state index contributed by atoms with van der Waals surface area (Å²) < 4.78 is 1.82. The molecule has 0 unspecified atom stereocenters.